The van der Waals surface area contributed by atoms with E-state index in [-0.39, 0.29) is 5.97 Å². The second kappa shape index (κ2) is 8.50. The van der Waals surface area contributed by atoms with Crippen LogP contribution in [-0.2, 0) is 14.3 Å². The van der Waals surface area contributed by atoms with Crippen molar-refractivity contribution in [2.75, 3.05) is 33.4 Å². The van der Waals surface area contributed by atoms with Crippen LogP contribution in [-0.4, -0.2) is 50.1 Å². The minimum Gasteiger partial charge on any atom is -0.466 e. The summed E-state index contributed by atoms with van der Waals surface area (Å²) in [7, 11) is 1.60. The Morgan fingerprint density at radius 2 is 2.19 bits per heavy atom. The molecule has 0 rings (SSSR count). The number of rotatable bonds is 9. The van der Waals surface area contributed by atoms with Gasteiger partial charge in [0.2, 0.25) is 0 Å². The molecule has 0 saturated carbocycles. The fraction of sp³-hybridized carbons (Fsp3) is 0.909. The van der Waals surface area contributed by atoms with Gasteiger partial charge in [0, 0.05) is 33.2 Å². The lowest BCUT2D eigenvalue weighted by Crippen LogP contribution is -2.39. The Morgan fingerprint density at radius 1 is 1.50 bits per heavy atom. The van der Waals surface area contributed by atoms with E-state index < -0.39 is 5.60 Å². The van der Waals surface area contributed by atoms with Gasteiger partial charge in [0.05, 0.1) is 18.6 Å². The number of methoxy groups -OCH3 is 1. The molecule has 0 heterocycles. The SMILES string of the molecule is CCOC(=O)CCNCC(C)(O)CCOC. The molecule has 16 heavy (non-hydrogen) atoms. The first kappa shape index (κ1) is 15.3. The van der Waals surface area contributed by atoms with Gasteiger partial charge in [-0.15, -0.1) is 0 Å². The maximum atomic E-state index is 11.0. The molecule has 0 bridgehead atoms. The average molecular weight is 233 g/mol. The summed E-state index contributed by atoms with van der Waals surface area (Å²) < 4.78 is 9.67. The maximum absolute atomic E-state index is 11.0. The van der Waals surface area contributed by atoms with E-state index in [2.05, 4.69) is 5.32 Å². The molecular weight excluding hydrogens is 210 g/mol. The Hall–Kier alpha value is -0.650. The molecule has 1 atom stereocenters. The number of esters is 1. The fourth-order valence-electron chi connectivity index (χ4n) is 1.19. The number of hydrogen-bond donors (Lipinski definition) is 2. The monoisotopic (exact) mass is 233 g/mol. The van der Waals surface area contributed by atoms with Crippen molar-refractivity contribution in [1.82, 2.24) is 5.32 Å². The highest BCUT2D eigenvalue weighted by molar-refractivity contribution is 5.69. The molecule has 0 fully saturated rings. The zero-order valence-electron chi connectivity index (χ0n) is 10.4. The van der Waals surface area contributed by atoms with Gasteiger partial charge < -0.3 is 19.9 Å². The first-order valence-corrected chi connectivity index (χ1v) is 5.59. The second-order valence-corrected chi connectivity index (χ2v) is 3.97. The molecule has 0 aliphatic rings. The summed E-state index contributed by atoms with van der Waals surface area (Å²) in [6.45, 7) is 5.40. The molecule has 0 aromatic carbocycles. The highest BCUT2D eigenvalue weighted by atomic mass is 16.5. The third-order valence-electron chi connectivity index (χ3n) is 2.16. The third kappa shape index (κ3) is 8.64. The smallest absolute Gasteiger partial charge is 0.307 e. The van der Waals surface area contributed by atoms with Crippen molar-refractivity contribution in [3.05, 3.63) is 0 Å². The van der Waals surface area contributed by atoms with Gasteiger partial charge in [-0.05, 0) is 13.8 Å². The molecule has 0 aromatic rings. The van der Waals surface area contributed by atoms with Gasteiger partial charge in [-0.25, -0.2) is 0 Å². The van der Waals surface area contributed by atoms with Crippen molar-refractivity contribution < 1.29 is 19.4 Å². The quantitative estimate of drug-likeness (QED) is 0.443. The molecule has 0 aromatic heterocycles. The Bertz CT molecular complexity index is 194. The van der Waals surface area contributed by atoms with Crippen molar-refractivity contribution in [1.29, 1.82) is 0 Å². The number of aliphatic hydroxyl groups is 1. The fourth-order valence-corrected chi connectivity index (χ4v) is 1.19. The Balaban J connectivity index is 3.52. The lowest BCUT2D eigenvalue weighted by molar-refractivity contribution is -0.143. The lowest BCUT2D eigenvalue weighted by Gasteiger charge is -2.23. The molecule has 5 heteroatoms. The standard InChI is InChI=1S/C11H23NO4/c1-4-16-10(13)5-7-12-9-11(2,14)6-8-15-3/h12,14H,4-9H2,1-3H3. The first-order valence-electron chi connectivity index (χ1n) is 5.59. The van der Waals surface area contributed by atoms with Crippen molar-refractivity contribution in [3.8, 4) is 0 Å². The highest BCUT2D eigenvalue weighted by Crippen LogP contribution is 2.07. The maximum Gasteiger partial charge on any atom is 0.307 e. The van der Waals surface area contributed by atoms with E-state index in [1.54, 1.807) is 21.0 Å². The topological polar surface area (TPSA) is 67.8 Å². The van der Waals surface area contributed by atoms with Gasteiger partial charge in [-0.3, -0.25) is 4.79 Å². The van der Waals surface area contributed by atoms with Crippen LogP contribution in [0.1, 0.15) is 26.7 Å². The Morgan fingerprint density at radius 3 is 2.75 bits per heavy atom. The van der Waals surface area contributed by atoms with Crippen LogP contribution in [0.4, 0.5) is 0 Å². The molecule has 2 N–H and O–H groups in total. The Labute approximate surface area is 97.1 Å². The number of nitrogens with one attached hydrogen (secondary N) is 1. The molecule has 0 radical (unpaired) electrons. The molecular formula is C11H23NO4. The van der Waals surface area contributed by atoms with Crippen molar-refractivity contribution in [3.63, 3.8) is 0 Å². The van der Waals surface area contributed by atoms with Crippen LogP contribution in [0.3, 0.4) is 0 Å². The van der Waals surface area contributed by atoms with Crippen LogP contribution >= 0.6 is 0 Å². The van der Waals surface area contributed by atoms with Crippen molar-refractivity contribution in [2.24, 2.45) is 0 Å². The van der Waals surface area contributed by atoms with Gasteiger partial charge in [0.1, 0.15) is 0 Å². The molecule has 96 valence electrons. The van der Waals surface area contributed by atoms with Crippen LogP contribution < -0.4 is 5.32 Å². The Kier molecular flexibility index (Phi) is 8.15. The molecule has 0 spiro atoms. The normalized spacial score (nSPS) is 14.5. The van der Waals surface area contributed by atoms with E-state index in [1.165, 1.54) is 0 Å². The van der Waals surface area contributed by atoms with E-state index in [0.29, 0.717) is 39.1 Å². The van der Waals surface area contributed by atoms with Crippen molar-refractivity contribution >= 4 is 5.97 Å². The molecule has 0 amide bonds. The van der Waals surface area contributed by atoms with E-state index in [1.807, 2.05) is 0 Å². The molecule has 0 aliphatic heterocycles. The zero-order chi connectivity index (χ0) is 12.4. The number of hydrogen-bond acceptors (Lipinski definition) is 5. The molecule has 1 unspecified atom stereocenters. The van der Waals surface area contributed by atoms with Crippen LogP contribution in [0.15, 0.2) is 0 Å². The van der Waals surface area contributed by atoms with Gasteiger partial charge >= 0.3 is 5.97 Å². The zero-order valence-corrected chi connectivity index (χ0v) is 10.4. The summed E-state index contributed by atoms with van der Waals surface area (Å²) in [6, 6.07) is 0. The summed E-state index contributed by atoms with van der Waals surface area (Å²) in [5.74, 6) is -0.216. The van der Waals surface area contributed by atoms with Gasteiger partial charge in [0.15, 0.2) is 0 Å². The minimum atomic E-state index is -0.801. The van der Waals surface area contributed by atoms with Crippen LogP contribution in [0.25, 0.3) is 0 Å². The van der Waals surface area contributed by atoms with Crippen LogP contribution in [0.5, 0.6) is 0 Å². The molecule has 0 aliphatic carbocycles. The lowest BCUT2D eigenvalue weighted by atomic mass is 10.0. The number of carbonyl (C=O) groups excluding carboxylic acids is 1. The predicted octanol–water partition coefficient (Wildman–Crippen LogP) is 0.317. The van der Waals surface area contributed by atoms with Gasteiger partial charge in [-0.2, -0.15) is 0 Å². The average Bonchev–Trinajstić information content (AvgIpc) is 2.22. The number of carbonyl (C=O) groups is 1. The summed E-state index contributed by atoms with van der Waals surface area (Å²) in [4.78, 5) is 11.0. The van der Waals surface area contributed by atoms with E-state index >= 15 is 0 Å². The van der Waals surface area contributed by atoms with Crippen LogP contribution in [0.2, 0.25) is 0 Å². The van der Waals surface area contributed by atoms with Crippen molar-refractivity contribution in [2.45, 2.75) is 32.3 Å². The second-order valence-electron chi connectivity index (χ2n) is 3.97. The largest absolute Gasteiger partial charge is 0.466 e. The summed E-state index contributed by atoms with van der Waals surface area (Å²) in [6.07, 6.45) is 0.893. The third-order valence-corrected chi connectivity index (χ3v) is 2.16. The molecule has 0 saturated heterocycles. The van der Waals surface area contributed by atoms with E-state index in [9.17, 15) is 9.90 Å². The van der Waals surface area contributed by atoms with Crippen LogP contribution in [0, 0.1) is 0 Å². The first-order chi connectivity index (χ1) is 7.52. The highest BCUT2D eigenvalue weighted by Gasteiger charge is 2.19. The summed E-state index contributed by atoms with van der Waals surface area (Å²) >= 11 is 0. The summed E-state index contributed by atoms with van der Waals surface area (Å²) in [5.41, 5.74) is -0.801. The van der Waals surface area contributed by atoms with Gasteiger partial charge in [-0.1, -0.05) is 0 Å². The van der Waals surface area contributed by atoms with E-state index in [0.717, 1.165) is 0 Å². The summed E-state index contributed by atoms with van der Waals surface area (Å²) in [5, 5.41) is 12.9. The number of ether oxygens (including phenoxy) is 2. The minimum absolute atomic E-state index is 0.216. The molecule has 5 nitrogen and oxygen atoms in total. The predicted molar refractivity (Wildman–Crippen MR) is 61.2 cm³/mol. The van der Waals surface area contributed by atoms with Gasteiger partial charge in [0.25, 0.3) is 0 Å². The van der Waals surface area contributed by atoms with E-state index in [4.69, 9.17) is 9.47 Å².